The van der Waals surface area contributed by atoms with Gasteiger partial charge in [0.1, 0.15) is 0 Å². The van der Waals surface area contributed by atoms with E-state index in [0.717, 1.165) is 5.69 Å². The molecule has 8 aromatic carbocycles. The van der Waals surface area contributed by atoms with Gasteiger partial charge in [-0.1, -0.05) is 152 Å². The van der Waals surface area contributed by atoms with Gasteiger partial charge >= 0.3 is 0 Å². The zero-order valence-electron chi connectivity index (χ0n) is 25.2. The van der Waals surface area contributed by atoms with Gasteiger partial charge in [0, 0.05) is 16.5 Å². The van der Waals surface area contributed by atoms with E-state index in [1.165, 1.54) is 77.4 Å². The maximum absolute atomic E-state index is 2.47. The predicted octanol–water partition coefficient (Wildman–Crippen LogP) is 11.8. The van der Waals surface area contributed by atoms with Crippen molar-refractivity contribution < 1.29 is 0 Å². The molecule has 1 spiro atoms. The average Bonchev–Trinajstić information content (AvgIpc) is 3.59. The molecule has 0 heterocycles. The Balaban J connectivity index is 1.29. The third kappa shape index (κ3) is 3.29. The summed E-state index contributed by atoms with van der Waals surface area (Å²) >= 11 is 0. The molecule has 0 fully saturated rings. The lowest BCUT2D eigenvalue weighted by molar-refractivity contribution is 0.794. The molecule has 2 aliphatic carbocycles. The lowest BCUT2D eigenvalue weighted by Gasteiger charge is -2.31. The summed E-state index contributed by atoms with van der Waals surface area (Å²) in [5, 5.41) is 4.92. The van der Waals surface area contributed by atoms with Gasteiger partial charge in [-0.25, -0.2) is 0 Å². The minimum Gasteiger partial charge on any atom is -0.309 e. The van der Waals surface area contributed by atoms with Gasteiger partial charge < -0.3 is 4.90 Å². The first-order valence-electron chi connectivity index (χ1n) is 16.0. The molecule has 0 radical (unpaired) electrons. The van der Waals surface area contributed by atoms with Crippen molar-refractivity contribution in [2.75, 3.05) is 4.90 Å². The number of benzene rings is 8. The third-order valence-electron chi connectivity index (χ3n) is 10.3. The van der Waals surface area contributed by atoms with Crippen LogP contribution >= 0.6 is 0 Å². The minimum absolute atomic E-state index is 0.346. The van der Waals surface area contributed by atoms with Crippen molar-refractivity contribution in [3.63, 3.8) is 0 Å². The van der Waals surface area contributed by atoms with Crippen molar-refractivity contribution in [2.24, 2.45) is 0 Å². The van der Waals surface area contributed by atoms with Crippen LogP contribution in [0.1, 0.15) is 22.3 Å². The van der Waals surface area contributed by atoms with Gasteiger partial charge in [-0.15, -0.1) is 0 Å². The van der Waals surface area contributed by atoms with Gasteiger partial charge in [-0.2, -0.15) is 0 Å². The topological polar surface area (TPSA) is 3.24 Å². The van der Waals surface area contributed by atoms with Crippen LogP contribution in [-0.4, -0.2) is 0 Å². The number of hydrogen-bond donors (Lipinski definition) is 0. The lowest BCUT2D eigenvalue weighted by atomic mass is 9.70. The number of rotatable bonds is 3. The Bertz CT molecular complexity index is 2370. The van der Waals surface area contributed by atoms with Crippen LogP contribution in [-0.2, 0) is 5.41 Å². The van der Waals surface area contributed by atoms with Crippen LogP contribution in [0.2, 0.25) is 0 Å². The molecular formula is C45H29N. The van der Waals surface area contributed by atoms with E-state index in [0.29, 0.717) is 0 Å². The maximum atomic E-state index is 2.47. The summed E-state index contributed by atoms with van der Waals surface area (Å²) in [7, 11) is 0. The summed E-state index contributed by atoms with van der Waals surface area (Å²) in [6, 6.07) is 65.0. The number of fused-ring (bicyclic) bond motifs is 12. The van der Waals surface area contributed by atoms with Crippen LogP contribution in [0.15, 0.2) is 176 Å². The molecule has 1 nitrogen and oxygen atoms in total. The van der Waals surface area contributed by atoms with E-state index < -0.39 is 0 Å². The molecule has 0 atom stereocenters. The minimum atomic E-state index is -0.346. The molecule has 0 amide bonds. The van der Waals surface area contributed by atoms with E-state index in [2.05, 4.69) is 181 Å². The van der Waals surface area contributed by atoms with Crippen molar-refractivity contribution in [1.82, 2.24) is 0 Å². The highest BCUT2D eigenvalue weighted by Crippen LogP contribution is 2.63. The molecule has 10 rings (SSSR count). The van der Waals surface area contributed by atoms with Crippen molar-refractivity contribution in [3.8, 4) is 22.3 Å². The van der Waals surface area contributed by atoms with Gasteiger partial charge in [0.25, 0.3) is 0 Å². The van der Waals surface area contributed by atoms with E-state index in [-0.39, 0.29) is 5.41 Å². The van der Waals surface area contributed by atoms with E-state index in [1.54, 1.807) is 0 Å². The van der Waals surface area contributed by atoms with Gasteiger partial charge in [-0.05, 0) is 79.5 Å². The Labute approximate surface area is 268 Å². The van der Waals surface area contributed by atoms with Gasteiger partial charge in [0.05, 0.1) is 16.8 Å². The summed E-state index contributed by atoms with van der Waals surface area (Å²) in [6.07, 6.45) is 0. The molecule has 8 aromatic rings. The van der Waals surface area contributed by atoms with Crippen molar-refractivity contribution in [2.45, 2.75) is 5.41 Å². The van der Waals surface area contributed by atoms with E-state index in [1.807, 2.05) is 0 Å². The maximum Gasteiger partial charge on any atom is 0.0725 e. The van der Waals surface area contributed by atoms with Crippen molar-refractivity contribution in [3.05, 3.63) is 198 Å². The summed E-state index contributed by atoms with van der Waals surface area (Å²) in [5.74, 6) is 0. The normalized spacial score (nSPS) is 13.4. The number of hydrogen-bond acceptors (Lipinski definition) is 1. The molecule has 46 heavy (non-hydrogen) atoms. The fourth-order valence-electron chi connectivity index (χ4n) is 8.44. The molecule has 0 aliphatic heterocycles. The SMILES string of the molecule is c1ccc2c(c1)-c1ccccc1C21c2ccccc2-c2cc(N(c3cccc4ccccc34)c3cccc4ccccc34)ccc21. The van der Waals surface area contributed by atoms with Crippen LogP contribution in [0.3, 0.4) is 0 Å². The van der Waals surface area contributed by atoms with E-state index >= 15 is 0 Å². The zero-order chi connectivity index (χ0) is 30.2. The Hall–Kier alpha value is -5.92. The second kappa shape index (κ2) is 9.54. The Morgan fingerprint density at radius 1 is 0.326 bits per heavy atom. The fraction of sp³-hybridized carbons (Fsp3) is 0.0222. The molecular weight excluding hydrogens is 555 g/mol. The summed E-state index contributed by atoms with van der Waals surface area (Å²) in [4.78, 5) is 2.47. The first-order valence-corrected chi connectivity index (χ1v) is 16.0. The Morgan fingerprint density at radius 3 is 1.28 bits per heavy atom. The van der Waals surface area contributed by atoms with E-state index in [9.17, 15) is 0 Å². The third-order valence-corrected chi connectivity index (χ3v) is 10.3. The van der Waals surface area contributed by atoms with Crippen LogP contribution < -0.4 is 4.90 Å². The highest BCUT2D eigenvalue weighted by molar-refractivity contribution is 6.05. The number of nitrogens with zero attached hydrogens (tertiary/aromatic N) is 1. The lowest BCUT2D eigenvalue weighted by Crippen LogP contribution is -2.25. The molecule has 0 aromatic heterocycles. The predicted molar refractivity (Wildman–Crippen MR) is 192 cm³/mol. The highest BCUT2D eigenvalue weighted by atomic mass is 15.1. The zero-order valence-corrected chi connectivity index (χ0v) is 25.2. The highest BCUT2D eigenvalue weighted by Gasteiger charge is 2.51. The quantitative estimate of drug-likeness (QED) is 0.200. The first-order chi connectivity index (χ1) is 22.8. The van der Waals surface area contributed by atoms with Gasteiger partial charge in [0.2, 0.25) is 0 Å². The molecule has 2 aliphatic rings. The van der Waals surface area contributed by atoms with Crippen molar-refractivity contribution in [1.29, 1.82) is 0 Å². The molecule has 0 unspecified atom stereocenters. The summed E-state index contributed by atoms with van der Waals surface area (Å²) in [6.45, 7) is 0. The largest absolute Gasteiger partial charge is 0.309 e. The van der Waals surface area contributed by atoms with Crippen LogP contribution in [0.4, 0.5) is 17.1 Å². The van der Waals surface area contributed by atoms with Crippen LogP contribution in [0.5, 0.6) is 0 Å². The van der Waals surface area contributed by atoms with Crippen LogP contribution in [0, 0.1) is 0 Å². The molecule has 1 heteroatoms. The molecule has 0 saturated carbocycles. The van der Waals surface area contributed by atoms with E-state index in [4.69, 9.17) is 0 Å². The average molecular weight is 584 g/mol. The smallest absolute Gasteiger partial charge is 0.0725 e. The second-order valence-corrected chi connectivity index (χ2v) is 12.4. The summed E-state index contributed by atoms with van der Waals surface area (Å²) in [5.41, 5.74) is 13.9. The molecule has 0 N–H and O–H groups in total. The Kier molecular flexibility index (Phi) is 5.27. The van der Waals surface area contributed by atoms with Gasteiger partial charge in [-0.3, -0.25) is 0 Å². The fourth-order valence-corrected chi connectivity index (χ4v) is 8.44. The Morgan fingerprint density at radius 2 is 0.739 bits per heavy atom. The monoisotopic (exact) mass is 583 g/mol. The molecule has 214 valence electrons. The molecule has 0 bridgehead atoms. The van der Waals surface area contributed by atoms with Crippen molar-refractivity contribution >= 4 is 38.6 Å². The molecule has 0 saturated heterocycles. The summed E-state index contributed by atoms with van der Waals surface area (Å²) < 4.78 is 0. The standard InChI is InChI=1S/C45H29N/c1-3-17-33-30(13-1)15-11-25-43(33)46(44-26-12-16-31-14-2-4-18-34(31)44)32-27-28-42-38(29-32)37-21-7-10-24-41(37)45(42)39-22-8-5-19-35(39)36-20-6-9-23-40(36)45/h1-29H. The van der Waals surface area contributed by atoms with Crippen LogP contribution in [0.25, 0.3) is 43.8 Å². The second-order valence-electron chi connectivity index (χ2n) is 12.4. The van der Waals surface area contributed by atoms with Gasteiger partial charge in [0.15, 0.2) is 0 Å². The first kappa shape index (κ1) is 25.4. The number of anilines is 3.